The van der Waals surface area contributed by atoms with Gasteiger partial charge in [-0.3, -0.25) is 14.4 Å². The van der Waals surface area contributed by atoms with E-state index < -0.39 is 34.6 Å². The first kappa shape index (κ1) is 27.5. The highest BCUT2D eigenvalue weighted by Gasteiger charge is 2.75. The SMILES string of the molecule is C=CCOC(=O)[C@@H]1[C@H]2C(=O)N([C@@H](CO)C(C)C)C(C(=O)N(CC=C)c3ccc4ccccc4c3)C23CC[C@H]1S3. The first-order valence-corrected chi connectivity index (χ1v) is 14.5. The number of anilines is 1. The third-order valence-corrected chi connectivity index (χ3v) is 10.5. The Morgan fingerprint density at radius 3 is 2.62 bits per heavy atom. The molecule has 1 N–H and O–H groups in total. The molecule has 2 unspecified atom stereocenters. The molecule has 8 heteroatoms. The Morgan fingerprint density at radius 1 is 1.21 bits per heavy atom. The van der Waals surface area contributed by atoms with E-state index in [1.165, 1.54) is 6.08 Å². The van der Waals surface area contributed by atoms with Crippen LogP contribution in [0.3, 0.4) is 0 Å². The highest BCUT2D eigenvalue weighted by Crippen LogP contribution is 2.67. The second kappa shape index (κ2) is 10.8. The van der Waals surface area contributed by atoms with Gasteiger partial charge in [0.15, 0.2) is 0 Å². The number of rotatable bonds is 10. The minimum absolute atomic E-state index is 0.0764. The minimum Gasteiger partial charge on any atom is -0.461 e. The number of nitrogens with zero attached hydrogens (tertiary/aromatic N) is 2. The van der Waals surface area contributed by atoms with Crippen LogP contribution in [0.25, 0.3) is 10.8 Å². The summed E-state index contributed by atoms with van der Waals surface area (Å²) in [5.74, 6) is -2.27. The summed E-state index contributed by atoms with van der Waals surface area (Å²) in [5.41, 5.74) is 0.718. The molecule has 0 radical (unpaired) electrons. The van der Waals surface area contributed by atoms with Gasteiger partial charge >= 0.3 is 5.97 Å². The number of hydrogen-bond acceptors (Lipinski definition) is 6. The molecule has 0 aromatic heterocycles. The normalized spacial score (nSPS) is 28.0. The van der Waals surface area contributed by atoms with Crippen molar-refractivity contribution in [2.45, 2.75) is 48.8 Å². The number of hydrogen-bond donors (Lipinski definition) is 1. The molecule has 206 valence electrons. The van der Waals surface area contributed by atoms with Gasteiger partial charge in [-0.2, -0.15) is 0 Å². The largest absolute Gasteiger partial charge is 0.461 e. The number of esters is 1. The van der Waals surface area contributed by atoms with Crippen molar-refractivity contribution in [3.05, 3.63) is 67.8 Å². The molecule has 0 aliphatic carbocycles. The van der Waals surface area contributed by atoms with Crippen LogP contribution in [0.5, 0.6) is 0 Å². The van der Waals surface area contributed by atoms with Crippen LogP contribution in [-0.4, -0.2) is 69.6 Å². The van der Waals surface area contributed by atoms with Gasteiger partial charge in [-0.15, -0.1) is 18.3 Å². The van der Waals surface area contributed by atoms with E-state index in [-0.39, 0.29) is 42.7 Å². The predicted octanol–water partition coefficient (Wildman–Crippen LogP) is 4.20. The van der Waals surface area contributed by atoms with Gasteiger partial charge in [0.1, 0.15) is 12.6 Å². The second-order valence-electron chi connectivity index (χ2n) is 11.0. The number of ether oxygens (including phenoxy) is 1. The lowest BCUT2D eigenvalue weighted by atomic mass is 9.71. The van der Waals surface area contributed by atoms with E-state index in [1.807, 2.05) is 56.3 Å². The van der Waals surface area contributed by atoms with Crippen molar-refractivity contribution in [1.82, 2.24) is 4.90 Å². The molecule has 2 aromatic rings. The van der Waals surface area contributed by atoms with Crippen molar-refractivity contribution in [2.24, 2.45) is 17.8 Å². The van der Waals surface area contributed by atoms with E-state index in [1.54, 1.807) is 27.6 Å². The minimum atomic E-state index is -0.826. The monoisotopic (exact) mass is 548 g/mol. The number of benzene rings is 2. The van der Waals surface area contributed by atoms with Gasteiger partial charge in [0.2, 0.25) is 5.91 Å². The molecule has 1 spiro atoms. The van der Waals surface area contributed by atoms with Gasteiger partial charge in [0.05, 0.1) is 29.2 Å². The van der Waals surface area contributed by atoms with E-state index in [0.29, 0.717) is 6.42 Å². The van der Waals surface area contributed by atoms with E-state index in [9.17, 15) is 19.5 Å². The van der Waals surface area contributed by atoms with Gasteiger partial charge in [-0.05, 0) is 41.7 Å². The molecule has 3 aliphatic rings. The maximum Gasteiger partial charge on any atom is 0.311 e. The zero-order valence-corrected chi connectivity index (χ0v) is 23.3. The predicted molar refractivity (Wildman–Crippen MR) is 154 cm³/mol. The number of carbonyl (C=O) groups excluding carboxylic acids is 3. The van der Waals surface area contributed by atoms with Gasteiger partial charge in [0, 0.05) is 17.5 Å². The summed E-state index contributed by atoms with van der Waals surface area (Å²) in [6.07, 6.45) is 4.57. The van der Waals surface area contributed by atoms with Gasteiger partial charge in [0.25, 0.3) is 5.91 Å². The van der Waals surface area contributed by atoms with Gasteiger partial charge in [-0.1, -0.05) is 62.9 Å². The van der Waals surface area contributed by atoms with Crippen molar-refractivity contribution in [1.29, 1.82) is 0 Å². The Balaban J connectivity index is 1.60. The zero-order chi connectivity index (χ0) is 27.9. The summed E-state index contributed by atoms with van der Waals surface area (Å²) in [6.45, 7) is 11.5. The van der Waals surface area contributed by atoms with Crippen LogP contribution in [-0.2, 0) is 19.1 Å². The fraction of sp³-hybridized carbons (Fsp3) is 0.452. The molecule has 3 aliphatic heterocycles. The molecular formula is C31H36N2O5S. The van der Waals surface area contributed by atoms with Crippen molar-refractivity contribution >= 4 is 46.0 Å². The topological polar surface area (TPSA) is 87.1 Å². The number of thioether (sulfide) groups is 1. The Hall–Kier alpha value is -3.10. The van der Waals surface area contributed by atoms with E-state index in [0.717, 1.165) is 22.9 Å². The van der Waals surface area contributed by atoms with Crippen molar-refractivity contribution < 1.29 is 24.2 Å². The van der Waals surface area contributed by atoms with Gasteiger partial charge < -0.3 is 19.6 Å². The molecule has 5 rings (SSSR count). The Morgan fingerprint density at radius 2 is 1.95 bits per heavy atom. The molecule has 3 heterocycles. The van der Waals surface area contributed by atoms with Gasteiger partial charge in [-0.25, -0.2) is 0 Å². The lowest BCUT2D eigenvalue weighted by molar-refractivity contribution is -0.153. The molecule has 0 saturated carbocycles. The maximum atomic E-state index is 14.7. The molecule has 2 bridgehead atoms. The highest BCUT2D eigenvalue weighted by atomic mass is 32.2. The number of fused-ring (bicyclic) bond motifs is 2. The number of aliphatic hydroxyl groups is 1. The standard InChI is InChI=1S/C31H36N2O5S/c1-5-15-32(22-12-11-20-9-7-8-10-21(20)17-22)29(36)27-31-14-13-24(39-31)25(30(37)38-16-6-2)26(31)28(35)33(27)23(18-34)19(3)4/h5-12,17,19,23-27,34H,1-2,13-16,18H2,3-4H3/t23-,24+,25-,26-,27?,31?/m0/s1. The maximum absolute atomic E-state index is 14.7. The number of aliphatic hydroxyl groups excluding tert-OH is 1. The summed E-state index contributed by atoms with van der Waals surface area (Å²) in [5, 5.41) is 12.4. The molecule has 2 amide bonds. The van der Waals surface area contributed by atoms with E-state index in [4.69, 9.17) is 4.74 Å². The number of likely N-dealkylation sites (tertiary alicyclic amines) is 1. The van der Waals surface area contributed by atoms with Crippen LogP contribution in [0, 0.1) is 17.8 Å². The number of carbonyl (C=O) groups is 3. The molecule has 6 atom stereocenters. The Bertz CT molecular complexity index is 1310. The lowest BCUT2D eigenvalue weighted by Crippen LogP contribution is -2.58. The van der Waals surface area contributed by atoms with Crippen LogP contribution in [0.15, 0.2) is 67.8 Å². The molecule has 2 aromatic carbocycles. The Kier molecular flexibility index (Phi) is 7.62. The first-order valence-electron chi connectivity index (χ1n) is 13.6. The van der Waals surface area contributed by atoms with Crippen LogP contribution >= 0.6 is 11.8 Å². The van der Waals surface area contributed by atoms with Crippen LogP contribution in [0.4, 0.5) is 5.69 Å². The van der Waals surface area contributed by atoms with Crippen molar-refractivity contribution in [2.75, 3.05) is 24.7 Å². The molecule has 39 heavy (non-hydrogen) atoms. The quantitative estimate of drug-likeness (QED) is 0.354. The van der Waals surface area contributed by atoms with Crippen LogP contribution in [0.1, 0.15) is 26.7 Å². The number of amides is 2. The summed E-state index contributed by atoms with van der Waals surface area (Å²) in [6, 6.07) is 12.5. The van der Waals surface area contributed by atoms with E-state index in [2.05, 4.69) is 13.2 Å². The average molecular weight is 549 g/mol. The smallest absolute Gasteiger partial charge is 0.311 e. The first-order chi connectivity index (χ1) is 18.8. The van der Waals surface area contributed by atoms with Crippen molar-refractivity contribution in [3.8, 4) is 0 Å². The third kappa shape index (κ3) is 4.38. The Labute approximate surface area is 233 Å². The molecular weight excluding hydrogens is 512 g/mol. The highest BCUT2D eigenvalue weighted by molar-refractivity contribution is 8.02. The summed E-state index contributed by atoms with van der Waals surface area (Å²) < 4.78 is 4.67. The molecule has 3 saturated heterocycles. The fourth-order valence-corrected chi connectivity index (χ4v) is 8.98. The van der Waals surface area contributed by atoms with Crippen LogP contribution in [0.2, 0.25) is 0 Å². The lowest BCUT2D eigenvalue weighted by Gasteiger charge is -2.40. The van der Waals surface area contributed by atoms with Crippen molar-refractivity contribution in [3.63, 3.8) is 0 Å². The summed E-state index contributed by atoms with van der Waals surface area (Å²) in [4.78, 5) is 45.5. The third-order valence-electron chi connectivity index (χ3n) is 8.52. The molecule has 3 fully saturated rings. The summed E-state index contributed by atoms with van der Waals surface area (Å²) in [7, 11) is 0. The molecule has 7 nitrogen and oxygen atoms in total. The van der Waals surface area contributed by atoms with Crippen LogP contribution < -0.4 is 4.90 Å². The summed E-state index contributed by atoms with van der Waals surface area (Å²) >= 11 is 1.59. The zero-order valence-electron chi connectivity index (χ0n) is 22.5. The average Bonchev–Trinajstić information content (AvgIpc) is 3.58. The second-order valence-corrected chi connectivity index (χ2v) is 12.6. The van der Waals surface area contributed by atoms with E-state index >= 15 is 0 Å². The fourth-order valence-electron chi connectivity index (χ4n) is 6.80.